The smallest absolute Gasteiger partial charge is 0.309 e. The Balaban J connectivity index is 1.62. The highest BCUT2D eigenvalue weighted by Crippen LogP contribution is 2.40. The van der Waals surface area contributed by atoms with Gasteiger partial charge in [0.15, 0.2) is 18.9 Å². The summed E-state index contributed by atoms with van der Waals surface area (Å²) < 4.78 is 9.02. The topological polar surface area (TPSA) is 85.3 Å². The first-order valence-corrected chi connectivity index (χ1v) is 12.0. The van der Waals surface area contributed by atoms with Gasteiger partial charge < -0.3 is 14.4 Å². The van der Waals surface area contributed by atoms with Crippen molar-refractivity contribution in [1.29, 1.82) is 0 Å². The number of rotatable bonds is 3. The number of hydrogen-bond acceptors (Lipinski definition) is 5. The molecule has 2 aliphatic heterocycles. The zero-order valence-electron chi connectivity index (χ0n) is 19.1. The normalized spacial score (nSPS) is 18.5. The van der Waals surface area contributed by atoms with Gasteiger partial charge in [-0.25, -0.2) is 9.55 Å². The fourth-order valence-corrected chi connectivity index (χ4v) is 5.41. The third-order valence-electron chi connectivity index (χ3n) is 7.14. The van der Waals surface area contributed by atoms with E-state index in [1.54, 1.807) is 17.6 Å². The van der Waals surface area contributed by atoms with Gasteiger partial charge >= 0.3 is 5.97 Å². The number of fused-ring (bicyclic) bond motifs is 5. The molecule has 0 radical (unpaired) electrons. The molecule has 0 spiro atoms. The first-order chi connectivity index (χ1) is 16.9. The molecule has 1 unspecified atom stereocenters. The van der Waals surface area contributed by atoms with E-state index in [-0.39, 0.29) is 25.0 Å². The number of carbonyl (C=O) groups excluding carboxylic acids is 1. The van der Waals surface area contributed by atoms with Crippen LogP contribution in [0.3, 0.4) is 0 Å². The zero-order chi connectivity index (χ0) is 24.3. The van der Waals surface area contributed by atoms with Gasteiger partial charge in [-0.1, -0.05) is 24.6 Å². The molecule has 0 bridgehead atoms. The summed E-state index contributed by atoms with van der Waals surface area (Å²) >= 11 is 6.36. The number of carbonyl (C=O) groups is 1. The van der Waals surface area contributed by atoms with Crippen molar-refractivity contribution in [3.63, 3.8) is 0 Å². The van der Waals surface area contributed by atoms with Crippen molar-refractivity contribution in [2.75, 3.05) is 0 Å². The number of cyclic esters (lactones) is 1. The number of benzene rings is 1. The second kappa shape index (κ2) is 8.00. The molecule has 4 aromatic rings. The summed E-state index contributed by atoms with van der Waals surface area (Å²) in [7, 11) is 0. The highest BCUT2D eigenvalue weighted by molar-refractivity contribution is 6.31. The van der Waals surface area contributed by atoms with Gasteiger partial charge in [0.25, 0.3) is 5.56 Å². The highest BCUT2D eigenvalue weighted by atomic mass is 35.5. The first kappa shape index (κ1) is 21.9. The van der Waals surface area contributed by atoms with E-state index in [4.69, 9.17) is 21.3 Å². The minimum absolute atomic E-state index is 0.149. The Morgan fingerprint density at radius 1 is 1.17 bits per heavy atom. The molecule has 3 aromatic heterocycles. The summed E-state index contributed by atoms with van der Waals surface area (Å²) in [6.45, 7) is 2.57. The highest BCUT2D eigenvalue weighted by Gasteiger charge is 2.40. The van der Waals surface area contributed by atoms with Crippen LogP contribution >= 0.6 is 11.6 Å². The molecule has 176 valence electrons. The number of aliphatic hydroxyl groups is 1. The van der Waals surface area contributed by atoms with Crippen molar-refractivity contribution in [2.45, 2.75) is 45.1 Å². The Bertz CT molecular complexity index is 1580. The Morgan fingerprint density at radius 2 is 1.97 bits per heavy atom. The fraction of sp³-hybridized carbons (Fsp3) is 0.259. The summed E-state index contributed by atoms with van der Waals surface area (Å²) in [6, 6.07) is 13.3. The molecule has 1 N–H and O–H groups in total. The Hall–Kier alpha value is -3.55. The van der Waals surface area contributed by atoms with Gasteiger partial charge in [0.05, 0.1) is 35.4 Å². The summed E-state index contributed by atoms with van der Waals surface area (Å²) in [5.41, 5.74) is 3.16. The molecule has 0 saturated heterocycles. The van der Waals surface area contributed by atoms with Crippen LogP contribution in [0, 0.1) is 0 Å². The van der Waals surface area contributed by atoms with E-state index < -0.39 is 11.6 Å². The standard InChI is InChI=1S/C27H23ClN3O4/c1-2-27(34)12-24(32)35-15-20-21(27)11-23-25-19(14-31(23)26(20)33)18(13-30-8-4-3-5-9-30)17-10-16(28)6-7-22(17)29-25/h3-11,34H,2,12-15H2,1H3/q+1. The van der Waals surface area contributed by atoms with E-state index in [2.05, 4.69) is 4.57 Å². The van der Waals surface area contributed by atoms with E-state index in [0.717, 1.165) is 22.0 Å². The average molecular weight is 489 g/mol. The molecule has 1 aromatic carbocycles. The molecule has 0 fully saturated rings. The Labute approximate surface area is 206 Å². The minimum atomic E-state index is -1.46. The fourth-order valence-electron chi connectivity index (χ4n) is 5.23. The third-order valence-corrected chi connectivity index (χ3v) is 7.38. The predicted octanol–water partition coefficient (Wildman–Crippen LogP) is 3.46. The van der Waals surface area contributed by atoms with Crippen LogP contribution in [0.4, 0.5) is 0 Å². The van der Waals surface area contributed by atoms with Crippen LogP contribution in [-0.4, -0.2) is 20.6 Å². The number of hydrogen-bond donors (Lipinski definition) is 1. The summed E-state index contributed by atoms with van der Waals surface area (Å²) in [6.07, 6.45) is 4.08. The van der Waals surface area contributed by atoms with E-state index in [1.807, 2.05) is 48.8 Å². The maximum atomic E-state index is 13.7. The van der Waals surface area contributed by atoms with E-state index >= 15 is 0 Å². The second-order valence-corrected chi connectivity index (χ2v) is 9.60. The Kier molecular flexibility index (Phi) is 5.02. The van der Waals surface area contributed by atoms with Gasteiger partial charge in [0, 0.05) is 33.7 Å². The monoisotopic (exact) mass is 488 g/mol. The van der Waals surface area contributed by atoms with Crippen molar-refractivity contribution in [1.82, 2.24) is 9.55 Å². The quantitative estimate of drug-likeness (QED) is 0.310. The van der Waals surface area contributed by atoms with Crippen LogP contribution in [0.5, 0.6) is 0 Å². The van der Waals surface area contributed by atoms with Gasteiger partial charge in [0.2, 0.25) is 0 Å². The number of esters is 1. The predicted molar refractivity (Wildman–Crippen MR) is 130 cm³/mol. The number of nitrogens with zero attached hydrogens (tertiary/aromatic N) is 3. The van der Waals surface area contributed by atoms with Gasteiger partial charge in [0.1, 0.15) is 12.2 Å². The number of halogens is 1. The van der Waals surface area contributed by atoms with Crippen LogP contribution in [0.1, 0.15) is 42.0 Å². The lowest BCUT2D eigenvalue weighted by molar-refractivity contribution is -0.688. The number of aromatic nitrogens is 3. The molecule has 8 heteroatoms. The summed E-state index contributed by atoms with van der Waals surface area (Å²) in [5.74, 6) is -0.515. The molecule has 6 rings (SSSR count). The molecule has 0 saturated carbocycles. The van der Waals surface area contributed by atoms with Crippen LogP contribution in [0.2, 0.25) is 5.02 Å². The van der Waals surface area contributed by atoms with Crippen LogP contribution in [-0.2, 0) is 34.8 Å². The van der Waals surface area contributed by atoms with E-state index in [1.165, 1.54) is 0 Å². The van der Waals surface area contributed by atoms with Crippen LogP contribution in [0.15, 0.2) is 59.7 Å². The van der Waals surface area contributed by atoms with Crippen molar-refractivity contribution < 1.29 is 19.2 Å². The summed E-state index contributed by atoms with van der Waals surface area (Å²) in [5, 5.41) is 12.9. The molecule has 0 aliphatic carbocycles. The number of pyridine rings is 3. The molecular weight excluding hydrogens is 466 g/mol. The van der Waals surface area contributed by atoms with Crippen molar-refractivity contribution >= 4 is 28.5 Å². The Morgan fingerprint density at radius 3 is 2.74 bits per heavy atom. The van der Waals surface area contributed by atoms with E-state index in [0.29, 0.717) is 40.6 Å². The van der Waals surface area contributed by atoms with Crippen LogP contribution in [0.25, 0.3) is 22.3 Å². The lowest BCUT2D eigenvalue weighted by Crippen LogP contribution is -2.34. The maximum absolute atomic E-state index is 13.7. The van der Waals surface area contributed by atoms with Gasteiger partial charge in [-0.05, 0) is 36.2 Å². The largest absolute Gasteiger partial charge is 0.460 e. The SMILES string of the molecule is CCC1(O)CC(=O)OCc2c1cc1n(c2=O)Cc2c-1nc1ccc(Cl)cc1c2C[n+]1ccccc1. The van der Waals surface area contributed by atoms with Gasteiger partial charge in [-0.2, -0.15) is 0 Å². The summed E-state index contributed by atoms with van der Waals surface area (Å²) in [4.78, 5) is 30.8. The second-order valence-electron chi connectivity index (χ2n) is 9.16. The lowest BCUT2D eigenvalue weighted by atomic mass is 9.85. The molecule has 5 heterocycles. The first-order valence-electron chi connectivity index (χ1n) is 11.6. The van der Waals surface area contributed by atoms with Crippen LogP contribution < -0.4 is 10.1 Å². The van der Waals surface area contributed by atoms with Crippen molar-refractivity contribution in [3.05, 3.63) is 92.5 Å². The number of ether oxygens (including phenoxy) is 1. The average Bonchev–Trinajstić information content (AvgIpc) is 3.16. The van der Waals surface area contributed by atoms with Crippen molar-refractivity contribution in [2.24, 2.45) is 0 Å². The molecule has 0 amide bonds. The molecular formula is C27H23ClN3O4+. The molecule has 7 nitrogen and oxygen atoms in total. The van der Waals surface area contributed by atoms with Gasteiger partial charge in [-0.15, -0.1) is 0 Å². The van der Waals surface area contributed by atoms with Crippen molar-refractivity contribution in [3.8, 4) is 11.4 Å². The van der Waals surface area contributed by atoms with E-state index in [9.17, 15) is 14.7 Å². The molecule has 35 heavy (non-hydrogen) atoms. The van der Waals surface area contributed by atoms with Gasteiger partial charge in [-0.3, -0.25) is 9.59 Å². The minimum Gasteiger partial charge on any atom is -0.460 e. The molecule has 2 aliphatic rings. The third kappa shape index (κ3) is 3.46. The zero-order valence-corrected chi connectivity index (χ0v) is 19.9. The maximum Gasteiger partial charge on any atom is 0.309 e. The lowest BCUT2D eigenvalue weighted by Gasteiger charge is -2.26. The molecule has 1 atom stereocenters.